The molecule has 0 saturated heterocycles. The molecule has 33 heavy (non-hydrogen) atoms. The quantitative estimate of drug-likeness (QED) is 0.576. The van der Waals surface area contributed by atoms with Gasteiger partial charge in [0.05, 0.1) is 0 Å². The number of aromatic hydroxyl groups is 1. The van der Waals surface area contributed by atoms with Gasteiger partial charge in [-0.3, -0.25) is 9.59 Å². The molecular formula is C25H37N3O5. The van der Waals surface area contributed by atoms with Gasteiger partial charge in [0, 0.05) is 12.1 Å². The summed E-state index contributed by atoms with van der Waals surface area (Å²) in [5, 5.41) is 15.7. The van der Waals surface area contributed by atoms with E-state index in [9.17, 15) is 19.5 Å². The molecule has 2 aliphatic rings. The van der Waals surface area contributed by atoms with Crippen LogP contribution in [0.5, 0.6) is 5.75 Å². The first-order valence-corrected chi connectivity index (χ1v) is 11.9. The molecule has 3 amide bonds. The van der Waals surface area contributed by atoms with Crippen LogP contribution in [0.15, 0.2) is 18.2 Å². The first kappa shape index (κ1) is 24.9. The summed E-state index contributed by atoms with van der Waals surface area (Å²) in [6, 6.07) is 4.21. The number of nitrogens with zero attached hydrogens (tertiary/aromatic N) is 1. The first-order chi connectivity index (χ1) is 15.5. The normalized spacial score (nSPS) is 17.7. The number of benzene rings is 1. The van der Waals surface area contributed by atoms with Gasteiger partial charge in [-0.1, -0.05) is 25.3 Å². The highest BCUT2D eigenvalue weighted by molar-refractivity contribution is 5.91. The van der Waals surface area contributed by atoms with Crippen LogP contribution in [0, 0.1) is 6.92 Å². The van der Waals surface area contributed by atoms with Gasteiger partial charge < -0.3 is 25.4 Å². The van der Waals surface area contributed by atoms with E-state index in [-0.39, 0.29) is 36.2 Å². The summed E-state index contributed by atoms with van der Waals surface area (Å²) in [6.45, 7) is 6.77. The number of hydrogen-bond donors (Lipinski definition) is 3. The van der Waals surface area contributed by atoms with Crippen LogP contribution in [0.4, 0.5) is 4.79 Å². The summed E-state index contributed by atoms with van der Waals surface area (Å²) in [5.41, 5.74) is 0.615. The molecule has 3 N–H and O–H groups in total. The lowest BCUT2D eigenvalue weighted by atomic mass is 9.94. The fourth-order valence-corrected chi connectivity index (χ4v) is 4.28. The maximum atomic E-state index is 13.5. The third-order valence-electron chi connectivity index (χ3n) is 6.03. The van der Waals surface area contributed by atoms with Gasteiger partial charge in [-0.25, -0.2) is 4.79 Å². The van der Waals surface area contributed by atoms with Crippen LogP contribution in [0.25, 0.3) is 0 Å². The van der Waals surface area contributed by atoms with E-state index >= 15 is 0 Å². The van der Waals surface area contributed by atoms with E-state index in [1.54, 1.807) is 50.8 Å². The molecular weight excluding hydrogens is 422 g/mol. The number of phenolic OH excluding ortho intramolecular Hbond substituents is 1. The molecule has 182 valence electrons. The highest BCUT2D eigenvalue weighted by Gasteiger charge is 2.42. The van der Waals surface area contributed by atoms with Crippen LogP contribution in [-0.4, -0.2) is 52.1 Å². The van der Waals surface area contributed by atoms with E-state index in [2.05, 4.69) is 10.6 Å². The van der Waals surface area contributed by atoms with E-state index in [0.717, 1.165) is 38.5 Å². The lowest BCUT2D eigenvalue weighted by Gasteiger charge is -2.34. The van der Waals surface area contributed by atoms with Crippen molar-refractivity contribution in [3.05, 3.63) is 29.3 Å². The maximum absolute atomic E-state index is 13.5. The molecule has 0 aromatic heterocycles. The Morgan fingerprint density at radius 3 is 2.36 bits per heavy atom. The molecule has 1 unspecified atom stereocenters. The molecule has 0 bridgehead atoms. The number of rotatable bonds is 7. The van der Waals surface area contributed by atoms with Crippen LogP contribution >= 0.6 is 0 Å². The molecule has 2 saturated carbocycles. The minimum atomic E-state index is -0.827. The summed E-state index contributed by atoms with van der Waals surface area (Å²) in [7, 11) is 0. The molecule has 0 spiro atoms. The molecule has 1 aromatic rings. The largest absolute Gasteiger partial charge is 0.508 e. The molecule has 3 rings (SSSR count). The monoisotopic (exact) mass is 459 g/mol. The van der Waals surface area contributed by atoms with Crippen molar-refractivity contribution in [2.24, 2.45) is 0 Å². The average Bonchev–Trinajstić information content (AvgIpc) is 3.57. The van der Waals surface area contributed by atoms with Gasteiger partial charge in [0.25, 0.3) is 0 Å². The molecule has 0 aliphatic heterocycles. The van der Waals surface area contributed by atoms with Crippen molar-refractivity contribution in [2.75, 3.05) is 6.54 Å². The number of hydrogen-bond acceptors (Lipinski definition) is 5. The summed E-state index contributed by atoms with van der Waals surface area (Å²) < 4.78 is 5.24. The second-order valence-electron chi connectivity index (χ2n) is 10.2. The maximum Gasteiger partial charge on any atom is 0.408 e. The van der Waals surface area contributed by atoms with E-state index in [1.807, 2.05) is 0 Å². The Morgan fingerprint density at radius 2 is 1.79 bits per heavy atom. The fraction of sp³-hybridized carbons (Fsp3) is 0.640. The van der Waals surface area contributed by atoms with Gasteiger partial charge in [-0.05, 0) is 76.6 Å². The van der Waals surface area contributed by atoms with E-state index in [1.165, 1.54) is 6.42 Å². The predicted octanol–water partition coefficient (Wildman–Crippen LogP) is 3.71. The van der Waals surface area contributed by atoms with Crippen molar-refractivity contribution in [3.8, 4) is 5.75 Å². The van der Waals surface area contributed by atoms with Gasteiger partial charge in [0.1, 0.15) is 23.9 Å². The number of alkyl carbamates (subject to hydrolysis) is 1. The number of carbonyl (C=O) groups is 3. The number of amides is 3. The van der Waals surface area contributed by atoms with Crippen molar-refractivity contribution in [3.63, 3.8) is 0 Å². The molecule has 8 heteroatoms. The third kappa shape index (κ3) is 7.11. The molecule has 0 heterocycles. The fourth-order valence-electron chi connectivity index (χ4n) is 4.28. The molecule has 1 aromatic carbocycles. The Bertz CT molecular complexity index is 869. The van der Waals surface area contributed by atoms with Crippen molar-refractivity contribution >= 4 is 17.9 Å². The topological polar surface area (TPSA) is 108 Å². The zero-order valence-corrected chi connectivity index (χ0v) is 20.1. The van der Waals surface area contributed by atoms with E-state index in [4.69, 9.17) is 4.74 Å². The first-order valence-electron chi connectivity index (χ1n) is 11.9. The van der Waals surface area contributed by atoms with Crippen molar-refractivity contribution < 1.29 is 24.2 Å². The molecule has 2 fully saturated rings. The number of phenols is 1. The van der Waals surface area contributed by atoms with E-state index < -0.39 is 17.7 Å². The Morgan fingerprint density at radius 1 is 1.12 bits per heavy atom. The summed E-state index contributed by atoms with van der Waals surface area (Å²) in [6.07, 6.45) is 6.16. The van der Waals surface area contributed by atoms with Crippen molar-refractivity contribution in [1.82, 2.24) is 15.5 Å². The van der Waals surface area contributed by atoms with E-state index in [0.29, 0.717) is 11.1 Å². The summed E-state index contributed by atoms with van der Waals surface area (Å²) in [5.74, 6) is -0.413. The minimum absolute atomic E-state index is 0.0610. The highest BCUT2D eigenvalue weighted by atomic mass is 16.6. The standard InChI is InChI=1S/C25H37N3O5/c1-16-14-17(10-13-20(16)29)22(23(31)27-18-8-6-5-7-9-18)28(19-11-12-19)21(30)15-26-24(32)33-25(2,3)4/h10,13-14,18-19,22,29H,5-9,11-12,15H2,1-4H3,(H,26,32)(H,27,31). The lowest BCUT2D eigenvalue weighted by molar-refractivity contribution is -0.141. The highest BCUT2D eigenvalue weighted by Crippen LogP contribution is 2.36. The number of carbonyl (C=O) groups excluding carboxylic acids is 3. The summed E-state index contributed by atoms with van der Waals surface area (Å²) in [4.78, 5) is 40.5. The van der Waals surface area contributed by atoms with Crippen molar-refractivity contribution in [1.29, 1.82) is 0 Å². The molecule has 1 atom stereocenters. The molecule has 0 radical (unpaired) electrons. The van der Waals surface area contributed by atoms with Gasteiger partial charge in [-0.15, -0.1) is 0 Å². The Balaban J connectivity index is 1.82. The van der Waals surface area contributed by atoms with Crippen LogP contribution in [0.2, 0.25) is 0 Å². The van der Waals surface area contributed by atoms with Gasteiger partial charge in [-0.2, -0.15) is 0 Å². The molecule has 8 nitrogen and oxygen atoms in total. The number of ether oxygens (including phenoxy) is 1. The smallest absolute Gasteiger partial charge is 0.408 e. The third-order valence-corrected chi connectivity index (χ3v) is 6.03. The number of nitrogens with one attached hydrogen (secondary N) is 2. The average molecular weight is 460 g/mol. The number of aryl methyl sites for hydroxylation is 1. The van der Waals surface area contributed by atoms with Crippen LogP contribution in [0.1, 0.15) is 82.9 Å². The summed E-state index contributed by atoms with van der Waals surface area (Å²) >= 11 is 0. The van der Waals surface area contributed by atoms with Gasteiger partial charge in [0.15, 0.2) is 0 Å². The van der Waals surface area contributed by atoms with Crippen LogP contribution in [-0.2, 0) is 14.3 Å². The lowest BCUT2D eigenvalue weighted by Crippen LogP contribution is -2.50. The zero-order chi connectivity index (χ0) is 24.2. The van der Waals surface area contributed by atoms with Crippen LogP contribution in [0.3, 0.4) is 0 Å². The second-order valence-corrected chi connectivity index (χ2v) is 10.2. The Labute approximate surface area is 196 Å². The zero-order valence-electron chi connectivity index (χ0n) is 20.1. The van der Waals surface area contributed by atoms with Gasteiger partial charge >= 0.3 is 6.09 Å². The van der Waals surface area contributed by atoms with Crippen molar-refractivity contribution in [2.45, 2.75) is 96.4 Å². The minimum Gasteiger partial charge on any atom is -0.508 e. The second kappa shape index (κ2) is 10.4. The van der Waals surface area contributed by atoms with Gasteiger partial charge in [0.2, 0.25) is 11.8 Å². The Kier molecular flexibility index (Phi) is 7.87. The Hall–Kier alpha value is -2.77. The molecule has 2 aliphatic carbocycles. The van der Waals surface area contributed by atoms with Crippen LogP contribution < -0.4 is 10.6 Å². The SMILES string of the molecule is Cc1cc(C(C(=O)NC2CCCCC2)N(C(=O)CNC(=O)OC(C)(C)C)C2CC2)ccc1O. The predicted molar refractivity (Wildman–Crippen MR) is 125 cm³/mol.